The molecule has 89 heavy (non-hydrogen) atoms. The number of phenols is 1. The summed E-state index contributed by atoms with van der Waals surface area (Å²) in [6.07, 6.45) is -3.63. The van der Waals surface area contributed by atoms with E-state index in [4.69, 9.17) is 28.7 Å². The van der Waals surface area contributed by atoms with Crippen LogP contribution in [-0.2, 0) is 64.0 Å². The molecule has 0 aromatic heterocycles. The quantitative estimate of drug-likeness (QED) is 0.0169. The molecule has 1 aromatic carbocycles. The number of rotatable bonds is 39. The van der Waals surface area contributed by atoms with Gasteiger partial charge in [0.15, 0.2) is 18.0 Å². The summed E-state index contributed by atoms with van der Waals surface area (Å²) in [6.45, 7) is 11.0. The van der Waals surface area contributed by atoms with E-state index in [0.717, 1.165) is 6.92 Å². The summed E-state index contributed by atoms with van der Waals surface area (Å²) in [6, 6.07) is -8.94. The molecule has 33 nitrogen and oxygen atoms in total. The van der Waals surface area contributed by atoms with Crippen LogP contribution in [0.2, 0.25) is 0 Å². The van der Waals surface area contributed by atoms with Gasteiger partial charge in [-0.3, -0.25) is 62.7 Å². The molecule has 0 radical (unpaired) electrons. The second-order valence-corrected chi connectivity index (χ2v) is 23.0. The van der Waals surface area contributed by atoms with E-state index in [-0.39, 0.29) is 101 Å². The van der Waals surface area contributed by atoms with Crippen LogP contribution in [-0.4, -0.2) is 200 Å². The number of benzene rings is 1. The third kappa shape index (κ3) is 27.8. The maximum Gasteiger partial charge on any atom is 0.328 e. The van der Waals surface area contributed by atoms with Crippen molar-refractivity contribution in [2.75, 3.05) is 19.6 Å². The fraction of sp³-hybridized carbons (Fsp3) is 0.643. The number of aromatic hydroxyl groups is 1. The molecule has 33 heteroatoms. The normalized spacial score (nSPS) is 16.3. The van der Waals surface area contributed by atoms with Gasteiger partial charge in [0.25, 0.3) is 0 Å². The Bertz CT molecular complexity index is 2670. The van der Waals surface area contributed by atoms with Crippen molar-refractivity contribution in [1.29, 1.82) is 0 Å². The van der Waals surface area contributed by atoms with Crippen molar-refractivity contribution < 1.29 is 83.1 Å². The first-order valence-electron chi connectivity index (χ1n) is 29.3. The highest BCUT2D eigenvalue weighted by atomic mass is 16.4. The van der Waals surface area contributed by atoms with E-state index >= 15 is 0 Å². The molecule has 2 rings (SSSR count). The average Bonchev–Trinajstić information content (AvgIpc) is 2.31. The van der Waals surface area contributed by atoms with Gasteiger partial charge >= 0.3 is 17.9 Å². The number of nitrogens with zero attached hydrogens (tertiary/aromatic N) is 3. The molecule has 0 saturated carbocycles. The van der Waals surface area contributed by atoms with E-state index in [1.807, 2.05) is 0 Å². The number of carbonyl (C=O) groups is 12. The number of likely N-dealkylation sites (tertiary alicyclic amines) is 1. The van der Waals surface area contributed by atoms with E-state index in [1.165, 1.54) is 30.9 Å². The van der Waals surface area contributed by atoms with Gasteiger partial charge in [-0.2, -0.15) is 0 Å². The van der Waals surface area contributed by atoms with Crippen LogP contribution in [0.3, 0.4) is 0 Å². The summed E-state index contributed by atoms with van der Waals surface area (Å²) in [4.78, 5) is 171. The number of phenolic OH excluding ortho intramolecular Hbond substituents is 1. The Kier molecular flexibility index (Phi) is 32.3. The number of aliphatic carboxylic acids is 3. The third-order valence-corrected chi connectivity index (χ3v) is 14.0. The predicted octanol–water partition coefficient (Wildman–Crippen LogP) is -4.21. The standard InChI is InChI=1S/C56H92N16O17/c1-27(2)23-37(68-49(83)39(26-42(77)78)69-51(85)40-13-10-22-72(40)53(87)33(57)25-31-14-16-32(74)17-15-31)48(82)65-34(11-8-20-62-55(58)59)45(79)64-35(12-9-21-63-56(60)61)47(81)70-43(29(5)6)52(86)66-36(18-19-41(75)76)46(80)67-38(24-28(3)4)50(84)71-44(30(7)73)54(88)89/h14-17,27-30,33-40,43-44,73-74H,8-13,18-26,57H2,1-7H3,(H,64,79)(H,65,82)(H,66,86)(H,67,80)(H,68,83)(H,69,85)(H,70,81)(H,71,84)(H,75,76)(H,77,78)(H,88,89)(H4,58,59,62)(H4,60,61,63)/t30-,33+,34+,35+,36+,37+,38+,39+,40+,43+,44+/m1/s1. The number of carboxylic acid groups (broad SMARTS) is 3. The molecule has 0 bridgehead atoms. The van der Waals surface area contributed by atoms with Crippen molar-refractivity contribution in [1.82, 2.24) is 47.4 Å². The van der Waals surface area contributed by atoms with Crippen LogP contribution in [0.4, 0.5) is 0 Å². The van der Waals surface area contributed by atoms with Crippen molar-refractivity contribution in [2.45, 2.75) is 192 Å². The maximum atomic E-state index is 14.5. The van der Waals surface area contributed by atoms with Crippen molar-refractivity contribution in [3.8, 4) is 5.75 Å². The van der Waals surface area contributed by atoms with Crippen molar-refractivity contribution in [2.24, 2.45) is 56.4 Å². The molecule has 23 N–H and O–H groups in total. The van der Waals surface area contributed by atoms with Crippen molar-refractivity contribution >= 4 is 83.0 Å². The highest BCUT2D eigenvalue weighted by molar-refractivity contribution is 5.99. The summed E-state index contributed by atoms with van der Waals surface area (Å²) in [7, 11) is 0. The Hall–Kier alpha value is -8.88. The van der Waals surface area contributed by atoms with Crippen LogP contribution in [0.15, 0.2) is 34.3 Å². The van der Waals surface area contributed by atoms with Gasteiger partial charge in [-0.15, -0.1) is 0 Å². The number of guanidine groups is 2. The minimum absolute atomic E-state index is 0.00480. The summed E-state index contributed by atoms with van der Waals surface area (Å²) in [5, 5.41) is 68.4. The average molecular weight is 1260 g/mol. The van der Waals surface area contributed by atoms with Crippen LogP contribution < -0.4 is 71.2 Å². The lowest BCUT2D eigenvalue weighted by Gasteiger charge is -2.30. The monoisotopic (exact) mass is 1260 g/mol. The number of nitrogens with one attached hydrogen (secondary N) is 8. The van der Waals surface area contributed by atoms with Gasteiger partial charge in [0.2, 0.25) is 53.2 Å². The van der Waals surface area contributed by atoms with Crippen LogP contribution in [0, 0.1) is 17.8 Å². The summed E-state index contributed by atoms with van der Waals surface area (Å²) in [5.74, 6) is -15.0. The molecule has 1 fully saturated rings. The topological polar surface area (TPSA) is 560 Å². The lowest BCUT2D eigenvalue weighted by molar-refractivity contribution is -0.145. The smallest absolute Gasteiger partial charge is 0.328 e. The number of aliphatic hydroxyl groups excluding tert-OH is 1. The first kappa shape index (κ1) is 76.2. The fourth-order valence-electron chi connectivity index (χ4n) is 9.41. The van der Waals surface area contributed by atoms with Crippen LogP contribution in [0.25, 0.3) is 0 Å². The summed E-state index contributed by atoms with van der Waals surface area (Å²) in [5.41, 5.74) is 29.0. The molecular formula is C56H92N16O17. The number of aliphatic hydroxyl groups is 1. The zero-order chi connectivity index (χ0) is 67.4. The highest BCUT2D eigenvalue weighted by Gasteiger charge is 2.40. The molecule has 11 atom stereocenters. The lowest BCUT2D eigenvalue weighted by Crippen LogP contribution is -2.61. The Morgan fingerprint density at radius 3 is 1.43 bits per heavy atom. The first-order valence-corrected chi connectivity index (χ1v) is 29.3. The van der Waals surface area contributed by atoms with E-state index in [9.17, 15) is 83.1 Å². The maximum absolute atomic E-state index is 14.5. The molecule has 0 spiro atoms. The highest BCUT2D eigenvalue weighted by Crippen LogP contribution is 2.21. The molecular weight excluding hydrogens is 1170 g/mol. The minimum atomic E-state index is -1.79. The molecule has 1 aliphatic heterocycles. The zero-order valence-electron chi connectivity index (χ0n) is 51.4. The van der Waals surface area contributed by atoms with Gasteiger partial charge < -0.3 is 102 Å². The summed E-state index contributed by atoms with van der Waals surface area (Å²) < 4.78 is 0. The second kappa shape index (κ2) is 37.7. The van der Waals surface area contributed by atoms with Crippen LogP contribution >= 0.6 is 0 Å². The Labute approximate surface area is 515 Å². The van der Waals surface area contributed by atoms with Gasteiger partial charge in [0.1, 0.15) is 54.1 Å². The fourth-order valence-corrected chi connectivity index (χ4v) is 9.41. The van der Waals surface area contributed by atoms with Gasteiger partial charge in [-0.1, -0.05) is 53.7 Å². The summed E-state index contributed by atoms with van der Waals surface area (Å²) >= 11 is 0. The Morgan fingerprint density at radius 2 is 0.989 bits per heavy atom. The van der Waals surface area contributed by atoms with Gasteiger partial charge in [-0.05, 0) is 107 Å². The molecule has 1 aliphatic rings. The lowest BCUT2D eigenvalue weighted by atomic mass is 9.99. The zero-order valence-corrected chi connectivity index (χ0v) is 51.4. The number of aliphatic imine (C=N–C) groups is 2. The van der Waals surface area contributed by atoms with Crippen LogP contribution in [0.1, 0.15) is 125 Å². The number of carboxylic acids is 3. The molecule has 0 aliphatic carbocycles. The van der Waals surface area contributed by atoms with E-state index in [0.29, 0.717) is 12.0 Å². The first-order chi connectivity index (χ1) is 41.6. The Balaban J connectivity index is 2.50. The molecule has 1 aromatic rings. The number of amides is 9. The predicted molar refractivity (Wildman–Crippen MR) is 322 cm³/mol. The largest absolute Gasteiger partial charge is 0.508 e. The van der Waals surface area contributed by atoms with E-state index in [1.54, 1.807) is 39.8 Å². The Morgan fingerprint density at radius 1 is 0.562 bits per heavy atom. The van der Waals surface area contributed by atoms with Crippen LogP contribution in [0.5, 0.6) is 5.75 Å². The molecule has 1 saturated heterocycles. The van der Waals surface area contributed by atoms with Crippen molar-refractivity contribution in [3.63, 3.8) is 0 Å². The van der Waals surface area contributed by atoms with Gasteiger partial charge in [0.05, 0.1) is 18.6 Å². The SMILES string of the molecule is CC(C)C[C@H](NC(=O)[C@H](CC(=O)O)NC(=O)[C@@H]1CCCN1C(=O)[C@@H](N)Cc1ccc(O)cc1)C(=O)N[C@@H](CCCN=C(N)N)C(=O)N[C@@H](CCCN=C(N)N)C(=O)N[C@H](C(=O)N[C@@H](CCC(=O)O)C(=O)N[C@@H](CC(C)C)C(=O)N[C@H](C(=O)O)[C@@H](C)O)C(C)C. The minimum Gasteiger partial charge on any atom is -0.508 e. The van der Waals surface area contributed by atoms with Gasteiger partial charge in [-0.25, -0.2) is 4.79 Å². The van der Waals surface area contributed by atoms with Gasteiger partial charge in [0, 0.05) is 26.1 Å². The second-order valence-electron chi connectivity index (χ2n) is 23.0. The number of nitrogens with two attached hydrogens (primary N) is 5. The van der Waals surface area contributed by atoms with Crippen molar-refractivity contribution in [3.05, 3.63) is 29.8 Å². The van der Waals surface area contributed by atoms with E-state index < -0.39 is 163 Å². The molecule has 0 unspecified atom stereocenters. The third-order valence-electron chi connectivity index (χ3n) is 14.0. The molecule has 498 valence electrons. The number of hydrogen-bond donors (Lipinski definition) is 18. The number of hydrogen-bond acceptors (Lipinski definition) is 17. The molecule has 1 heterocycles. The number of carbonyl (C=O) groups excluding carboxylic acids is 9. The van der Waals surface area contributed by atoms with E-state index in [2.05, 4.69) is 52.5 Å². The molecule has 9 amide bonds.